The number of rotatable bonds is 8. The van der Waals surface area contributed by atoms with Crippen LogP contribution in [-0.2, 0) is 0 Å². The Bertz CT molecular complexity index is 801. The summed E-state index contributed by atoms with van der Waals surface area (Å²) in [4.78, 5) is 15.2. The number of ether oxygens (including phenoxy) is 2. The predicted molar refractivity (Wildman–Crippen MR) is 103 cm³/mol. The highest BCUT2D eigenvalue weighted by Crippen LogP contribution is 2.32. The van der Waals surface area contributed by atoms with E-state index >= 15 is 0 Å². The van der Waals surface area contributed by atoms with Crippen LogP contribution in [0.15, 0.2) is 6.20 Å². The van der Waals surface area contributed by atoms with E-state index in [0.717, 1.165) is 38.6 Å². The Hall–Kier alpha value is -2.02. The highest BCUT2D eigenvalue weighted by molar-refractivity contribution is 5.83. The SMILES string of the molecule is CCCCOc1nc(OCC2(CC)CCCN2C)nc2c(F)c(C)ncc12. The van der Waals surface area contributed by atoms with Gasteiger partial charge in [0.25, 0.3) is 0 Å². The molecule has 3 rings (SSSR count). The van der Waals surface area contributed by atoms with Crippen LogP contribution < -0.4 is 9.47 Å². The van der Waals surface area contributed by atoms with Crippen molar-refractivity contribution in [3.8, 4) is 11.9 Å². The Morgan fingerprint density at radius 2 is 2.07 bits per heavy atom. The van der Waals surface area contributed by atoms with Crippen LogP contribution in [0.3, 0.4) is 0 Å². The van der Waals surface area contributed by atoms with Crippen LogP contribution in [0, 0.1) is 12.7 Å². The Labute approximate surface area is 160 Å². The third-order valence-electron chi connectivity index (χ3n) is 5.61. The number of nitrogens with zero attached hydrogens (tertiary/aromatic N) is 4. The molecule has 7 heteroatoms. The van der Waals surface area contributed by atoms with Crippen LogP contribution in [0.2, 0.25) is 0 Å². The zero-order valence-corrected chi connectivity index (χ0v) is 16.7. The molecular weight excluding hydrogens is 347 g/mol. The second-order valence-corrected chi connectivity index (χ2v) is 7.32. The molecule has 1 atom stereocenters. The van der Waals surface area contributed by atoms with Gasteiger partial charge < -0.3 is 9.47 Å². The number of fused-ring (bicyclic) bond motifs is 1. The molecule has 27 heavy (non-hydrogen) atoms. The van der Waals surface area contributed by atoms with Gasteiger partial charge in [-0.2, -0.15) is 9.97 Å². The maximum atomic E-state index is 14.6. The first-order chi connectivity index (χ1) is 13.0. The molecule has 1 aliphatic rings. The van der Waals surface area contributed by atoms with E-state index in [2.05, 4.69) is 40.7 Å². The van der Waals surface area contributed by atoms with Crippen LogP contribution in [0.25, 0.3) is 10.9 Å². The summed E-state index contributed by atoms with van der Waals surface area (Å²) in [5, 5.41) is 0.477. The molecule has 1 fully saturated rings. The largest absolute Gasteiger partial charge is 0.477 e. The van der Waals surface area contributed by atoms with Crippen LogP contribution in [-0.4, -0.2) is 52.2 Å². The summed E-state index contributed by atoms with van der Waals surface area (Å²) in [5.41, 5.74) is 0.477. The van der Waals surface area contributed by atoms with E-state index in [1.165, 1.54) is 0 Å². The molecule has 2 aromatic rings. The van der Waals surface area contributed by atoms with Gasteiger partial charge in [-0.3, -0.25) is 9.88 Å². The van der Waals surface area contributed by atoms with Crippen LogP contribution in [0.1, 0.15) is 51.6 Å². The second kappa shape index (κ2) is 8.33. The molecule has 6 nitrogen and oxygen atoms in total. The molecule has 2 aromatic heterocycles. The molecule has 1 saturated heterocycles. The topological polar surface area (TPSA) is 60.4 Å². The van der Waals surface area contributed by atoms with E-state index in [0.29, 0.717) is 30.2 Å². The van der Waals surface area contributed by atoms with E-state index in [1.807, 2.05) is 0 Å². The first kappa shape index (κ1) is 19.7. The van der Waals surface area contributed by atoms with Gasteiger partial charge in [-0.1, -0.05) is 20.3 Å². The van der Waals surface area contributed by atoms with Crippen molar-refractivity contribution in [2.24, 2.45) is 0 Å². The van der Waals surface area contributed by atoms with E-state index in [4.69, 9.17) is 9.47 Å². The van der Waals surface area contributed by atoms with Gasteiger partial charge >= 0.3 is 6.01 Å². The number of aryl methyl sites for hydroxylation is 1. The molecule has 0 bridgehead atoms. The fourth-order valence-corrected chi connectivity index (χ4v) is 3.59. The maximum absolute atomic E-state index is 14.6. The first-order valence-corrected chi connectivity index (χ1v) is 9.80. The fourth-order valence-electron chi connectivity index (χ4n) is 3.59. The molecule has 0 amide bonds. The number of hydrogen-bond donors (Lipinski definition) is 0. The molecule has 0 aliphatic carbocycles. The normalized spacial score (nSPS) is 20.3. The van der Waals surface area contributed by atoms with Crippen molar-refractivity contribution in [1.82, 2.24) is 19.9 Å². The van der Waals surface area contributed by atoms with Gasteiger partial charge in [-0.15, -0.1) is 0 Å². The molecule has 0 N–H and O–H groups in total. The fraction of sp³-hybridized carbons (Fsp3) is 0.650. The number of likely N-dealkylation sites (tertiary alicyclic amines) is 1. The summed E-state index contributed by atoms with van der Waals surface area (Å²) in [6.07, 6.45) is 6.67. The average molecular weight is 376 g/mol. The highest BCUT2D eigenvalue weighted by atomic mass is 19.1. The third kappa shape index (κ3) is 3.98. The number of hydrogen-bond acceptors (Lipinski definition) is 6. The van der Waals surface area contributed by atoms with Gasteiger partial charge in [0.15, 0.2) is 5.82 Å². The first-order valence-electron chi connectivity index (χ1n) is 9.80. The minimum Gasteiger partial charge on any atom is -0.477 e. The number of pyridine rings is 1. The summed E-state index contributed by atoms with van der Waals surface area (Å²) in [5.74, 6) is -0.122. The summed E-state index contributed by atoms with van der Waals surface area (Å²) < 4.78 is 26.4. The predicted octanol–water partition coefficient (Wildman–Crippen LogP) is 3.90. The molecule has 0 aromatic carbocycles. The Morgan fingerprint density at radius 1 is 1.26 bits per heavy atom. The molecule has 1 unspecified atom stereocenters. The van der Waals surface area contributed by atoms with Crippen molar-refractivity contribution < 1.29 is 13.9 Å². The molecule has 0 saturated carbocycles. The Morgan fingerprint density at radius 3 is 2.74 bits per heavy atom. The van der Waals surface area contributed by atoms with Gasteiger partial charge in [0.2, 0.25) is 5.88 Å². The van der Waals surface area contributed by atoms with E-state index in [9.17, 15) is 4.39 Å². The lowest BCUT2D eigenvalue weighted by Gasteiger charge is -2.34. The van der Waals surface area contributed by atoms with E-state index in [1.54, 1.807) is 13.1 Å². The summed E-state index contributed by atoms with van der Waals surface area (Å²) in [7, 11) is 2.12. The smallest absolute Gasteiger partial charge is 0.320 e. The summed E-state index contributed by atoms with van der Waals surface area (Å²) in [6.45, 7) is 7.92. The van der Waals surface area contributed by atoms with Crippen molar-refractivity contribution in [3.05, 3.63) is 17.7 Å². The van der Waals surface area contributed by atoms with Crippen molar-refractivity contribution in [2.75, 3.05) is 26.8 Å². The quantitative estimate of drug-likeness (QED) is 0.651. The van der Waals surface area contributed by atoms with Gasteiger partial charge in [0, 0.05) is 6.20 Å². The lowest BCUT2D eigenvalue weighted by Crippen LogP contribution is -2.46. The van der Waals surface area contributed by atoms with E-state index in [-0.39, 0.29) is 17.1 Å². The number of likely N-dealkylation sites (N-methyl/N-ethyl adjacent to an activating group) is 1. The van der Waals surface area contributed by atoms with Crippen molar-refractivity contribution in [1.29, 1.82) is 0 Å². The van der Waals surface area contributed by atoms with Crippen LogP contribution in [0.5, 0.6) is 11.9 Å². The Balaban J connectivity index is 1.91. The van der Waals surface area contributed by atoms with Gasteiger partial charge in [0.05, 0.1) is 23.2 Å². The van der Waals surface area contributed by atoms with Crippen molar-refractivity contribution >= 4 is 10.9 Å². The highest BCUT2D eigenvalue weighted by Gasteiger charge is 2.38. The number of halogens is 1. The Kier molecular flexibility index (Phi) is 6.09. The summed E-state index contributed by atoms with van der Waals surface area (Å²) in [6, 6.07) is 0.159. The lowest BCUT2D eigenvalue weighted by atomic mass is 9.94. The van der Waals surface area contributed by atoms with Gasteiger partial charge in [-0.05, 0) is 46.2 Å². The van der Waals surface area contributed by atoms with Crippen LogP contribution in [0.4, 0.5) is 4.39 Å². The van der Waals surface area contributed by atoms with Crippen LogP contribution >= 0.6 is 0 Å². The molecule has 0 radical (unpaired) electrons. The number of unbranched alkanes of at least 4 members (excludes halogenated alkanes) is 1. The molecule has 1 aliphatic heterocycles. The zero-order chi connectivity index (χ0) is 19.4. The average Bonchev–Trinajstić information content (AvgIpc) is 3.04. The second-order valence-electron chi connectivity index (χ2n) is 7.32. The molecule has 3 heterocycles. The zero-order valence-electron chi connectivity index (χ0n) is 16.7. The maximum Gasteiger partial charge on any atom is 0.320 e. The van der Waals surface area contributed by atoms with Gasteiger partial charge in [0.1, 0.15) is 12.1 Å². The molecule has 148 valence electrons. The minimum atomic E-state index is -0.455. The minimum absolute atomic E-state index is 0.0196. The monoisotopic (exact) mass is 376 g/mol. The third-order valence-corrected chi connectivity index (χ3v) is 5.61. The molecular formula is C20H29FN4O2. The standard InChI is InChI=1S/C20H29FN4O2/c1-5-7-11-26-18-15-12-22-14(3)16(21)17(15)23-19(24-18)27-13-20(6-2)9-8-10-25(20)4/h12H,5-11,13H2,1-4H3. The summed E-state index contributed by atoms with van der Waals surface area (Å²) >= 11 is 0. The number of aromatic nitrogens is 3. The van der Waals surface area contributed by atoms with Crippen molar-refractivity contribution in [3.63, 3.8) is 0 Å². The van der Waals surface area contributed by atoms with E-state index < -0.39 is 5.82 Å². The van der Waals surface area contributed by atoms with Gasteiger partial charge in [-0.25, -0.2) is 4.39 Å². The van der Waals surface area contributed by atoms with Crippen molar-refractivity contribution in [2.45, 2.75) is 58.4 Å². The molecule has 0 spiro atoms. The lowest BCUT2D eigenvalue weighted by molar-refractivity contribution is 0.0873.